The molecule has 1 aromatic carbocycles. The molecular formula is C16H13ClFNO3. The van der Waals surface area contributed by atoms with E-state index in [0.29, 0.717) is 16.8 Å². The van der Waals surface area contributed by atoms with E-state index >= 15 is 0 Å². The minimum atomic E-state index is -0.538. The minimum absolute atomic E-state index is 0.00332. The summed E-state index contributed by atoms with van der Waals surface area (Å²) in [5, 5.41) is 0.188. The number of hydrogen-bond acceptors (Lipinski definition) is 3. The third-order valence-corrected chi connectivity index (χ3v) is 4.28. The minimum Gasteiger partial charge on any atom is -0.426 e. The lowest BCUT2D eigenvalue weighted by Gasteiger charge is -2.26. The molecule has 0 aliphatic carbocycles. The second-order valence-electron chi connectivity index (χ2n) is 5.32. The van der Waals surface area contributed by atoms with Gasteiger partial charge in [0, 0.05) is 29.7 Å². The monoisotopic (exact) mass is 321 g/mol. The Bertz CT molecular complexity index is 844. The van der Waals surface area contributed by atoms with Crippen molar-refractivity contribution in [3.8, 4) is 5.75 Å². The van der Waals surface area contributed by atoms with Crippen molar-refractivity contribution in [3.63, 3.8) is 0 Å². The second kappa shape index (κ2) is 5.25. The Balaban J connectivity index is 2.26. The van der Waals surface area contributed by atoms with Crippen LogP contribution in [0.2, 0.25) is 5.02 Å². The topological polar surface area (TPSA) is 48.3 Å². The molecule has 0 amide bonds. The van der Waals surface area contributed by atoms with E-state index in [4.69, 9.17) is 16.3 Å². The van der Waals surface area contributed by atoms with E-state index in [1.165, 1.54) is 22.8 Å². The van der Waals surface area contributed by atoms with E-state index in [1.807, 2.05) is 0 Å². The van der Waals surface area contributed by atoms with Crippen molar-refractivity contribution in [1.29, 1.82) is 0 Å². The summed E-state index contributed by atoms with van der Waals surface area (Å²) in [6.45, 7) is 1.75. The molecule has 1 aliphatic rings. The first-order valence-corrected chi connectivity index (χ1v) is 7.12. The van der Waals surface area contributed by atoms with Gasteiger partial charge in [-0.15, -0.1) is 0 Å². The molecule has 1 unspecified atom stereocenters. The number of esters is 1. The highest BCUT2D eigenvalue weighted by molar-refractivity contribution is 6.31. The van der Waals surface area contributed by atoms with Gasteiger partial charge in [-0.3, -0.25) is 9.59 Å². The van der Waals surface area contributed by atoms with Crippen LogP contribution < -0.4 is 10.3 Å². The Labute approximate surface area is 131 Å². The van der Waals surface area contributed by atoms with Crippen molar-refractivity contribution in [2.45, 2.75) is 19.3 Å². The first-order valence-electron chi connectivity index (χ1n) is 6.74. The van der Waals surface area contributed by atoms with Crippen LogP contribution >= 0.6 is 11.6 Å². The largest absolute Gasteiger partial charge is 0.426 e. The Morgan fingerprint density at radius 1 is 1.32 bits per heavy atom. The van der Waals surface area contributed by atoms with E-state index in [1.54, 1.807) is 20.0 Å². The van der Waals surface area contributed by atoms with Gasteiger partial charge in [0.1, 0.15) is 11.6 Å². The summed E-state index contributed by atoms with van der Waals surface area (Å²) in [5.74, 6) is -1.19. The number of rotatable bonds is 1. The number of aryl methyl sites for hydroxylation is 1. The first-order chi connectivity index (χ1) is 10.4. The van der Waals surface area contributed by atoms with Crippen LogP contribution in [0, 0.1) is 12.7 Å². The summed E-state index contributed by atoms with van der Waals surface area (Å²) in [4.78, 5) is 24.4. The SMILES string of the molecule is Cc1cc2c(c(=O)n1C)C(c1ccc(F)cc1Cl)CC(=O)O2. The van der Waals surface area contributed by atoms with Crippen LogP contribution in [-0.2, 0) is 11.8 Å². The van der Waals surface area contributed by atoms with Gasteiger partial charge in [-0.2, -0.15) is 0 Å². The van der Waals surface area contributed by atoms with Crippen LogP contribution in [0.15, 0.2) is 29.1 Å². The predicted molar refractivity (Wildman–Crippen MR) is 79.9 cm³/mol. The maximum Gasteiger partial charge on any atom is 0.312 e. The number of aromatic nitrogens is 1. The van der Waals surface area contributed by atoms with Gasteiger partial charge in [-0.1, -0.05) is 17.7 Å². The molecule has 0 bridgehead atoms. The number of benzene rings is 1. The van der Waals surface area contributed by atoms with Crippen LogP contribution in [0.1, 0.15) is 29.2 Å². The van der Waals surface area contributed by atoms with E-state index in [9.17, 15) is 14.0 Å². The van der Waals surface area contributed by atoms with Gasteiger partial charge in [-0.25, -0.2) is 4.39 Å². The fraction of sp³-hybridized carbons (Fsp3) is 0.250. The molecule has 0 fully saturated rings. The highest BCUT2D eigenvalue weighted by Gasteiger charge is 2.33. The average molecular weight is 322 g/mol. The Morgan fingerprint density at radius 3 is 2.73 bits per heavy atom. The van der Waals surface area contributed by atoms with E-state index < -0.39 is 17.7 Å². The molecule has 2 aromatic rings. The number of fused-ring (bicyclic) bond motifs is 1. The van der Waals surface area contributed by atoms with Gasteiger partial charge >= 0.3 is 5.97 Å². The lowest BCUT2D eigenvalue weighted by Crippen LogP contribution is -2.32. The molecule has 6 heteroatoms. The van der Waals surface area contributed by atoms with Crippen molar-refractivity contribution in [3.05, 3.63) is 62.3 Å². The zero-order chi connectivity index (χ0) is 16.0. The van der Waals surface area contributed by atoms with Gasteiger partial charge in [0.15, 0.2) is 0 Å². The molecule has 1 aromatic heterocycles. The fourth-order valence-electron chi connectivity index (χ4n) is 2.70. The molecule has 0 N–H and O–H groups in total. The number of carbonyl (C=O) groups excluding carboxylic acids is 1. The molecule has 0 saturated heterocycles. The zero-order valence-corrected chi connectivity index (χ0v) is 12.8. The zero-order valence-electron chi connectivity index (χ0n) is 12.0. The molecule has 0 radical (unpaired) electrons. The van der Waals surface area contributed by atoms with Gasteiger partial charge in [0.2, 0.25) is 0 Å². The summed E-state index contributed by atoms with van der Waals surface area (Å²) in [7, 11) is 1.65. The standard InChI is InChI=1S/C16H13ClFNO3/c1-8-5-13-15(16(21)19(8)2)11(7-14(20)22-13)10-4-3-9(18)6-12(10)17/h3-6,11H,7H2,1-2H3. The van der Waals surface area contributed by atoms with Gasteiger partial charge in [0.25, 0.3) is 5.56 Å². The molecule has 0 spiro atoms. The van der Waals surface area contributed by atoms with Crippen LogP contribution in [0.3, 0.4) is 0 Å². The number of carbonyl (C=O) groups is 1. The molecule has 4 nitrogen and oxygen atoms in total. The summed E-state index contributed by atoms with van der Waals surface area (Å²) in [6, 6.07) is 5.59. The summed E-state index contributed by atoms with van der Waals surface area (Å²) in [5.41, 5.74) is 1.36. The van der Waals surface area contributed by atoms with E-state index in [0.717, 1.165) is 0 Å². The highest BCUT2D eigenvalue weighted by atomic mass is 35.5. The molecule has 22 heavy (non-hydrogen) atoms. The fourth-order valence-corrected chi connectivity index (χ4v) is 3.00. The summed E-state index contributed by atoms with van der Waals surface area (Å²) < 4.78 is 19.9. The smallest absolute Gasteiger partial charge is 0.312 e. The maximum atomic E-state index is 13.2. The lowest BCUT2D eigenvalue weighted by molar-refractivity contribution is -0.135. The summed E-state index contributed by atoms with van der Waals surface area (Å²) >= 11 is 6.10. The number of ether oxygens (including phenoxy) is 1. The Hall–Kier alpha value is -2.14. The van der Waals surface area contributed by atoms with E-state index in [2.05, 4.69) is 0 Å². The third kappa shape index (κ3) is 2.31. The Kier molecular flexibility index (Phi) is 3.53. The van der Waals surface area contributed by atoms with Crippen molar-refractivity contribution >= 4 is 17.6 Å². The average Bonchev–Trinajstić information content (AvgIpc) is 2.44. The van der Waals surface area contributed by atoms with Gasteiger partial charge in [0.05, 0.1) is 12.0 Å². The van der Waals surface area contributed by atoms with Crippen LogP contribution in [-0.4, -0.2) is 10.5 Å². The normalized spacial score (nSPS) is 17.1. The summed E-state index contributed by atoms with van der Waals surface area (Å²) in [6.07, 6.45) is -0.00332. The van der Waals surface area contributed by atoms with Crippen molar-refractivity contribution in [2.24, 2.45) is 7.05 Å². The van der Waals surface area contributed by atoms with Gasteiger partial charge in [-0.05, 0) is 24.6 Å². The molecule has 2 heterocycles. The Morgan fingerprint density at radius 2 is 2.05 bits per heavy atom. The molecule has 1 aliphatic heterocycles. The molecule has 0 saturated carbocycles. The van der Waals surface area contributed by atoms with E-state index in [-0.39, 0.29) is 22.8 Å². The highest BCUT2D eigenvalue weighted by Crippen LogP contribution is 2.39. The van der Waals surface area contributed by atoms with Crippen LogP contribution in [0.4, 0.5) is 4.39 Å². The number of pyridine rings is 1. The van der Waals surface area contributed by atoms with Crippen molar-refractivity contribution < 1.29 is 13.9 Å². The maximum absolute atomic E-state index is 13.2. The number of hydrogen-bond donors (Lipinski definition) is 0. The van der Waals surface area contributed by atoms with Crippen LogP contribution in [0.25, 0.3) is 0 Å². The lowest BCUT2D eigenvalue weighted by atomic mass is 9.87. The number of halogens is 2. The predicted octanol–water partition coefficient (Wildman–Crippen LogP) is 2.93. The van der Waals surface area contributed by atoms with Crippen molar-refractivity contribution in [1.82, 2.24) is 4.57 Å². The van der Waals surface area contributed by atoms with Gasteiger partial charge < -0.3 is 9.30 Å². The number of nitrogens with zero attached hydrogens (tertiary/aromatic N) is 1. The third-order valence-electron chi connectivity index (χ3n) is 3.95. The molecule has 114 valence electrons. The second-order valence-corrected chi connectivity index (χ2v) is 5.73. The van der Waals surface area contributed by atoms with Crippen LogP contribution in [0.5, 0.6) is 5.75 Å². The molecular weight excluding hydrogens is 309 g/mol. The first kappa shape index (κ1) is 14.8. The quantitative estimate of drug-likeness (QED) is 0.759. The molecule has 3 rings (SSSR count). The van der Waals surface area contributed by atoms with Crippen molar-refractivity contribution in [2.75, 3.05) is 0 Å². The molecule has 1 atom stereocenters.